The Kier molecular flexibility index (Phi) is 3.05. The van der Waals surface area contributed by atoms with Crippen LogP contribution in [-0.2, 0) is 4.79 Å². The molecule has 2 N–H and O–H groups in total. The van der Waals surface area contributed by atoms with Crippen molar-refractivity contribution in [3.05, 3.63) is 53.2 Å². The van der Waals surface area contributed by atoms with Crippen molar-refractivity contribution in [1.29, 1.82) is 0 Å². The quantitative estimate of drug-likeness (QED) is 0.599. The monoisotopic (exact) mass is 228 g/mol. The van der Waals surface area contributed by atoms with Crippen LogP contribution in [0.2, 0.25) is 0 Å². The standard InChI is InChI=1S/C13H12N2O2/c1-9(7-10-5-3-2-4-6-10)8-11-12(16)15-13(17)14-11/h2-8H,1H3,(H2,14,15,16,17)/b9-7?,11-8-. The third kappa shape index (κ3) is 2.81. The Morgan fingerprint density at radius 2 is 1.82 bits per heavy atom. The Morgan fingerprint density at radius 3 is 2.41 bits per heavy atom. The van der Waals surface area contributed by atoms with Crippen molar-refractivity contribution in [2.75, 3.05) is 0 Å². The summed E-state index contributed by atoms with van der Waals surface area (Å²) in [6.45, 7) is 1.87. The van der Waals surface area contributed by atoms with Gasteiger partial charge in [-0.1, -0.05) is 36.4 Å². The molecule has 0 radical (unpaired) electrons. The minimum atomic E-state index is -0.478. The number of allylic oxidation sites excluding steroid dienone is 2. The van der Waals surface area contributed by atoms with Crippen molar-refractivity contribution in [2.45, 2.75) is 6.92 Å². The highest BCUT2D eigenvalue weighted by Gasteiger charge is 2.22. The predicted molar refractivity (Wildman–Crippen MR) is 64.9 cm³/mol. The Labute approximate surface area is 99.0 Å². The van der Waals surface area contributed by atoms with Gasteiger partial charge < -0.3 is 5.32 Å². The van der Waals surface area contributed by atoms with E-state index in [1.54, 1.807) is 6.08 Å². The SMILES string of the molecule is CC(=Cc1ccccc1)/C=C1\NC(=O)NC1=O. The van der Waals surface area contributed by atoms with Crippen LogP contribution in [0.4, 0.5) is 4.79 Å². The molecular weight excluding hydrogens is 216 g/mol. The van der Waals surface area contributed by atoms with E-state index in [0.717, 1.165) is 11.1 Å². The first-order chi connectivity index (χ1) is 8.15. The van der Waals surface area contributed by atoms with Gasteiger partial charge in [-0.15, -0.1) is 0 Å². The number of rotatable bonds is 2. The van der Waals surface area contributed by atoms with Crippen LogP contribution in [-0.4, -0.2) is 11.9 Å². The average molecular weight is 228 g/mol. The molecule has 17 heavy (non-hydrogen) atoms. The largest absolute Gasteiger partial charge is 0.326 e. The molecule has 1 saturated heterocycles. The molecule has 1 heterocycles. The highest BCUT2D eigenvalue weighted by atomic mass is 16.2. The molecule has 0 saturated carbocycles. The van der Waals surface area contributed by atoms with Gasteiger partial charge in [0.1, 0.15) is 5.70 Å². The fraction of sp³-hybridized carbons (Fsp3) is 0.0769. The molecule has 1 fully saturated rings. The van der Waals surface area contributed by atoms with Crippen molar-refractivity contribution in [3.8, 4) is 0 Å². The van der Waals surface area contributed by atoms with E-state index >= 15 is 0 Å². The van der Waals surface area contributed by atoms with E-state index in [0.29, 0.717) is 0 Å². The van der Waals surface area contributed by atoms with E-state index in [2.05, 4.69) is 10.6 Å². The zero-order valence-corrected chi connectivity index (χ0v) is 9.36. The van der Waals surface area contributed by atoms with E-state index in [-0.39, 0.29) is 5.70 Å². The van der Waals surface area contributed by atoms with E-state index in [1.165, 1.54) is 0 Å². The third-order valence-corrected chi connectivity index (χ3v) is 2.29. The van der Waals surface area contributed by atoms with Gasteiger partial charge in [0, 0.05) is 0 Å². The van der Waals surface area contributed by atoms with Gasteiger partial charge in [-0.05, 0) is 24.1 Å². The molecule has 1 aliphatic heterocycles. The fourth-order valence-electron chi connectivity index (χ4n) is 1.56. The molecule has 0 aromatic heterocycles. The van der Waals surface area contributed by atoms with Crippen LogP contribution < -0.4 is 10.6 Å². The van der Waals surface area contributed by atoms with Crippen molar-refractivity contribution in [3.63, 3.8) is 0 Å². The first-order valence-corrected chi connectivity index (χ1v) is 5.22. The smallest absolute Gasteiger partial charge is 0.303 e. The van der Waals surface area contributed by atoms with Gasteiger partial charge in [0.25, 0.3) is 5.91 Å². The number of benzene rings is 1. The molecule has 2 rings (SSSR count). The average Bonchev–Trinajstić information content (AvgIpc) is 2.58. The lowest BCUT2D eigenvalue weighted by Crippen LogP contribution is -2.22. The number of urea groups is 1. The number of carbonyl (C=O) groups is 2. The number of amides is 3. The van der Waals surface area contributed by atoms with Gasteiger partial charge in [0.2, 0.25) is 0 Å². The van der Waals surface area contributed by atoms with E-state index in [9.17, 15) is 9.59 Å². The summed E-state index contributed by atoms with van der Waals surface area (Å²) in [4.78, 5) is 22.2. The summed E-state index contributed by atoms with van der Waals surface area (Å²) in [6.07, 6.45) is 3.58. The third-order valence-electron chi connectivity index (χ3n) is 2.29. The molecular formula is C13H12N2O2. The van der Waals surface area contributed by atoms with Crippen LogP contribution in [0.1, 0.15) is 12.5 Å². The Bertz CT molecular complexity index is 515. The first kappa shape index (κ1) is 11.1. The van der Waals surface area contributed by atoms with Gasteiger partial charge >= 0.3 is 6.03 Å². The van der Waals surface area contributed by atoms with Crippen molar-refractivity contribution >= 4 is 18.0 Å². The minimum absolute atomic E-state index is 0.277. The fourth-order valence-corrected chi connectivity index (χ4v) is 1.56. The van der Waals surface area contributed by atoms with E-state index in [4.69, 9.17) is 0 Å². The number of nitrogens with one attached hydrogen (secondary N) is 2. The molecule has 4 nitrogen and oxygen atoms in total. The summed E-state index contributed by atoms with van der Waals surface area (Å²) in [7, 11) is 0. The molecule has 0 spiro atoms. The van der Waals surface area contributed by atoms with Gasteiger partial charge in [-0.25, -0.2) is 4.79 Å². The lowest BCUT2D eigenvalue weighted by atomic mass is 10.1. The Hall–Kier alpha value is -2.36. The summed E-state index contributed by atoms with van der Waals surface area (Å²) in [6, 6.07) is 9.28. The normalized spacial score (nSPS) is 18.2. The topological polar surface area (TPSA) is 58.2 Å². The summed E-state index contributed by atoms with van der Waals surface area (Å²) < 4.78 is 0. The first-order valence-electron chi connectivity index (χ1n) is 5.22. The van der Waals surface area contributed by atoms with Gasteiger partial charge in [0.15, 0.2) is 0 Å². The number of hydrogen-bond acceptors (Lipinski definition) is 2. The summed E-state index contributed by atoms with van der Waals surface area (Å²) >= 11 is 0. The molecule has 3 amide bonds. The lowest BCUT2D eigenvalue weighted by molar-refractivity contribution is -0.115. The maximum Gasteiger partial charge on any atom is 0.326 e. The molecule has 0 unspecified atom stereocenters. The summed E-state index contributed by atoms with van der Waals surface area (Å²) in [5.41, 5.74) is 2.22. The predicted octanol–water partition coefficient (Wildman–Crippen LogP) is 1.81. The van der Waals surface area contributed by atoms with Crippen LogP contribution in [0.5, 0.6) is 0 Å². The van der Waals surface area contributed by atoms with Crippen LogP contribution in [0.15, 0.2) is 47.7 Å². The van der Waals surface area contributed by atoms with Crippen LogP contribution in [0.3, 0.4) is 0 Å². The maximum absolute atomic E-state index is 11.3. The molecule has 0 bridgehead atoms. The highest BCUT2D eigenvalue weighted by molar-refractivity contribution is 6.11. The van der Waals surface area contributed by atoms with Gasteiger partial charge in [-0.2, -0.15) is 0 Å². The van der Waals surface area contributed by atoms with Crippen molar-refractivity contribution in [2.24, 2.45) is 0 Å². The number of imide groups is 1. The molecule has 0 atom stereocenters. The minimum Gasteiger partial charge on any atom is -0.303 e. The molecule has 0 aliphatic carbocycles. The molecule has 4 heteroatoms. The van der Waals surface area contributed by atoms with E-state index in [1.807, 2.05) is 43.3 Å². The zero-order chi connectivity index (χ0) is 12.3. The van der Waals surface area contributed by atoms with Crippen LogP contribution >= 0.6 is 0 Å². The Balaban J connectivity index is 2.19. The lowest BCUT2D eigenvalue weighted by Gasteiger charge is -1.97. The summed E-state index contributed by atoms with van der Waals surface area (Å²) in [5, 5.41) is 4.59. The van der Waals surface area contributed by atoms with Crippen LogP contribution in [0, 0.1) is 0 Å². The second-order valence-corrected chi connectivity index (χ2v) is 3.77. The van der Waals surface area contributed by atoms with Crippen LogP contribution in [0.25, 0.3) is 6.08 Å². The second kappa shape index (κ2) is 4.65. The second-order valence-electron chi connectivity index (χ2n) is 3.77. The zero-order valence-electron chi connectivity index (χ0n) is 9.36. The highest BCUT2D eigenvalue weighted by Crippen LogP contribution is 2.09. The van der Waals surface area contributed by atoms with Gasteiger partial charge in [0.05, 0.1) is 0 Å². The Morgan fingerprint density at radius 1 is 1.12 bits per heavy atom. The molecule has 1 aromatic rings. The number of carbonyl (C=O) groups excluding carboxylic acids is 2. The maximum atomic E-state index is 11.3. The van der Waals surface area contributed by atoms with Crippen molar-refractivity contribution < 1.29 is 9.59 Å². The summed E-state index contributed by atoms with van der Waals surface area (Å²) in [5.74, 6) is -0.393. The van der Waals surface area contributed by atoms with E-state index < -0.39 is 11.9 Å². The molecule has 1 aliphatic rings. The van der Waals surface area contributed by atoms with Crippen molar-refractivity contribution in [1.82, 2.24) is 10.6 Å². The molecule has 86 valence electrons. The number of hydrogen-bond donors (Lipinski definition) is 2. The van der Waals surface area contributed by atoms with Gasteiger partial charge in [-0.3, -0.25) is 10.1 Å². The molecule has 1 aromatic carbocycles.